The summed E-state index contributed by atoms with van der Waals surface area (Å²) in [5.41, 5.74) is 2.54. The molecule has 0 N–H and O–H groups in total. The highest BCUT2D eigenvalue weighted by Crippen LogP contribution is 2.17. The van der Waals surface area contributed by atoms with Crippen molar-refractivity contribution >= 4 is 25.8 Å². The zero-order chi connectivity index (χ0) is 13.6. The average Bonchev–Trinajstić information content (AvgIpc) is 2.34. The minimum Gasteiger partial charge on any atom is -0.229 e. The molecule has 0 amide bonds. The van der Waals surface area contributed by atoms with E-state index in [1.165, 1.54) is 11.1 Å². The van der Waals surface area contributed by atoms with Crippen LogP contribution in [0, 0.1) is 12.8 Å². The fraction of sp³-hybridized carbons (Fsp3) is 0.571. The first-order valence-electron chi connectivity index (χ1n) is 6.28. The molecule has 0 spiro atoms. The quantitative estimate of drug-likeness (QED) is 0.717. The van der Waals surface area contributed by atoms with Gasteiger partial charge >= 0.3 is 0 Å². The Labute approximate surface area is 119 Å². The van der Waals surface area contributed by atoms with E-state index in [1.54, 1.807) is 6.92 Å². The first-order valence-corrected chi connectivity index (χ1v) is 9.23. The molecule has 0 bridgehead atoms. The maximum absolute atomic E-state index is 11.5. The molecule has 4 heteroatoms. The van der Waals surface area contributed by atoms with Crippen LogP contribution in [0.2, 0.25) is 0 Å². The Balaban J connectivity index is 2.57. The lowest BCUT2D eigenvalue weighted by atomic mass is 9.98. The van der Waals surface area contributed by atoms with Crippen molar-refractivity contribution in [3.63, 3.8) is 0 Å². The van der Waals surface area contributed by atoms with Gasteiger partial charge in [0, 0.05) is 11.1 Å². The minimum absolute atomic E-state index is 0.243. The summed E-state index contributed by atoms with van der Waals surface area (Å²) in [5, 5.41) is 0.847. The summed E-state index contributed by atoms with van der Waals surface area (Å²) < 4.78 is 23.0. The lowest BCUT2D eigenvalue weighted by Gasteiger charge is -2.14. The van der Waals surface area contributed by atoms with Crippen molar-refractivity contribution in [1.82, 2.24) is 0 Å². The molecule has 0 aliphatic heterocycles. The van der Waals surface area contributed by atoms with E-state index in [9.17, 15) is 8.42 Å². The highest BCUT2D eigenvalue weighted by atomic mass is 79.9. The third-order valence-electron chi connectivity index (χ3n) is 3.10. The summed E-state index contributed by atoms with van der Waals surface area (Å²) in [4.78, 5) is 0. The Kier molecular flexibility index (Phi) is 6.36. The Hall–Kier alpha value is -0.350. The molecular formula is C14H21BrO2S. The Morgan fingerprint density at radius 1 is 1.33 bits per heavy atom. The molecule has 0 fully saturated rings. The van der Waals surface area contributed by atoms with E-state index in [4.69, 9.17) is 0 Å². The monoisotopic (exact) mass is 332 g/mol. The van der Waals surface area contributed by atoms with E-state index in [-0.39, 0.29) is 5.75 Å². The second kappa shape index (κ2) is 7.29. The van der Waals surface area contributed by atoms with Gasteiger partial charge in [0.05, 0.1) is 5.75 Å². The van der Waals surface area contributed by atoms with Crippen LogP contribution in [0.1, 0.15) is 24.5 Å². The fourth-order valence-electron chi connectivity index (χ4n) is 1.90. The maximum Gasteiger partial charge on any atom is 0.150 e. The van der Waals surface area contributed by atoms with E-state index in [1.807, 2.05) is 0 Å². The van der Waals surface area contributed by atoms with Gasteiger partial charge in [0.15, 0.2) is 0 Å². The standard InChI is InChI=1S/C14H21BrO2S/c1-3-18(16,17)8-7-14(11-15)10-13-6-4-5-12(2)9-13/h4-6,9,14H,3,7-8,10-11H2,1-2H3. The van der Waals surface area contributed by atoms with Crippen LogP contribution in [0.15, 0.2) is 24.3 Å². The van der Waals surface area contributed by atoms with Gasteiger partial charge in [0.2, 0.25) is 0 Å². The van der Waals surface area contributed by atoms with E-state index in [0.29, 0.717) is 11.7 Å². The van der Waals surface area contributed by atoms with Crippen molar-refractivity contribution in [3.8, 4) is 0 Å². The Bertz CT molecular complexity index is 468. The predicted octanol–water partition coefficient (Wildman–Crippen LogP) is 3.37. The maximum atomic E-state index is 11.5. The van der Waals surface area contributed by atoms with E-state index < -0.39 is 9.84 Å². The topological polar surface area (TPSA) is 34.1 Å². The lowest BCUT2D eigenvalue weighted by molar-refractivity contribution is 0.553. The van der Waals surface area contributed by atoms with E-state index in [2.05, 4.69) is 47.1 Å². The van der Waals surface area contributed by atoms with Crippen LogP contribution in [0.4, 0.5) is 0 Å². The average molecular weight is 333 g/mol. The number of rotatable bonds is 7. The van der Waals surface area contributed by atoms with Crippen molar-refractivity contribution in [2.75, 3.05) is 16.8 Å². The fourth-order valence-corrected chi connectivity index (χ4v) is 3.43. The first-order chi connectivity index (χ1) is 8.46. The highest BCUT2D eigenvalue weighted by Gasteiger charge is 2.14. The van der Waals surface area contributed by atoms with Gasteiger partial charge in [-0.05, 0) is 31.2 Å². The summed E-state index contributed by atoms with van der Waals surface area (Å²) in [7, 11) is -2.85. The van der Waals surface area contributed by atoms with Crippen LogP contribution in [0.25, 0.3) is 0 Å². The highest BCUT2D eigenvalue weighted by molar-refractivity contribution is 9.09. The van der Waals surface area contributed by atoms with Gasteiger partial charge < -0.3 is 0 Å². The van der Waals surface area contributed by atoms with Crippen LogP contribution >= 0.6 is 15.9 Å². The van der Waals surface area contributed by atoms with Gasteiger partial charge in [0.25, 0.3) is 0 Å². The van der Waals surface area contributed by atoms with Crippen molar-refractivity contribution in [2.45, 2.75) is 26.7 Å². The number of halogens is 1. The smallest absolute Gasteiger partial charge is 0.150 e. The SMILES string of the molecule is CCS(=O)(=O)CCC(CBr)Cc1cccc(C)c1. The third-order valence-corrected chi connectivity index (χ3v) is 5.76. The summed E-state index contributed by atoms with van der Waals surface area (Å²) in [5.74, 6) is 0.922. The normalized spacial score (nSPS) is 13.5. The van der Waals surface area contributed by atoms with Crippen molar-refractivity contribution < 1.29 is 8.42 Å². The van der Waals surface area contributed by atoms with Crippen molar-refractivity contribution in [3.05, 3.63) is 35.4 Å². The van der Waals surface area contributed by atoms with Gasteiger partial charge in [-0.25, -0.2) is 8.42 Å². The van der Waals surface area contributed by atoms with Crippen molar-refractivity contribution in [1.29, 1.82) is 0 Å². The minimum atomic E-state index is -2.85. The number of benzene rings is 1. The molecule has 102 valence electrons. The summed E-state index contributed by atoms with van der Waals surface area (Å²) in [6, 6.07) is 8.41. The van der Waals surface area contributed by atoms with Crippen LogP contribution in [0.5, 0.6) is 0 Å². The summed E-state index contributed by atoms with van der Waals surface area (Å²) in [6.45, 7) is 3.78. The largest absolute Gasteiger partial charge is 0.229 e. The Morgan fingerprint density at radius 3 is 2.61 bits per heavy atom. The second-order valence-corrected chi connectivity index (χ2v) is 7.86. The first kappa shape index (κ1) is 15.7. The lowest BCUT2D eigenvalue weighted by Crippen LogP contribution is -2.15. The second-order valence-electron chi connectivity index (χ2n) is 4.74. The molecule has 0 heterocycles. The molecule has 1 aromatic rings. The molecule has 0 radical (unpaired) electrons. The molecule has 18 heavy (non-hydrogen) atoms. The van der Waals surface area contributed by atoms with Crippen molar-refractivity contribution in [2.24, 2.45) is 5.92 Å². The molecule has 1 unspecified atom stereocenters. The Morgan fingerprint density at radius 2 is 2.06 bits per heavy atom. The summed E-state index contributed by atoms with van der Waals surface area (Å²) >= 11 is 3.49. The van der Waals surface area contributed by atoms with Gasteiger partial charge in [0.1, 0.15) is 9.84 Å². The molecule has 0 saturated carbocycles. The predicted molar refractivity (Wildman–Crippen MR) is 81.1 cm³/mol. The number of hydrogen-bond donors (Lipinski definition) is 0. The molecule has 0 aliphatic carbocycles. The zero-order valence-electron chi connectivity index (χ0n) is 11.0. The molecular weight excluding hydrogens is 312 g/mol. The summed E-state index contributed by atoms with van der Waals surface area (Å²) in [6.07, 6.45) is 1.67. The van der Waals surface area contributed by atoms with E-state index >= 15 is 0 Å². The molecule has 1 aromatic carbocycles. The molecule has 0 aromatic heterocycles. The van der Waals surface area contributed by atoms with Gasteiger partial charge in [-0.15, -0.1) is 0 Å². The van der Waals surface area contributed by atoms with Gasteiger partial charge in [-0.2, -0.15) is 0 Å². The van der Waals surface area contributed by atoms with Gasteiger partial charge in [-0.1, -0.05) is 52.7 Å². The number of aryl methyl sites for hydroxylation is 1. The molecule has 0 saturated heterocycles. The van der Waals surface area contributed by atoms with Gasteiger partial charge in [-0.3, -0.25) is 0 Å². The molecule has 2 nitrogen and oxygen atoms in total. The van der Waals surface area contributed by atoms with Crippen LogP contribution in [0.3, 0.4) is 0 Å². The molecule has 1 atom stereocenters. The third kappa shape index (κ3) is 5.53. The van der Waals surface area contributed by atoms with Crippen LogP contribution in [-0.4, -0.2) is 25.3 Å². The number of hydrogen-bond acceptors (Lipinski definition) is 2. The van der Waals surface area contributed by atoms with Crippen LogP contribution in [-0.2, 0) is 16.3 Å². The van der Waals surface area contributed by atoms with E-state index in [0.717, 1.165) is 18.2 Å². The van der Waals surface area contributed by atoms with Crippen LogP contribution < -0.4 is 0 Å². The molecule has 0 aliphatic rings. The number of alkyl halides is 1. The molecule has 1 rings (SSSR count). The number of sulfone groups is 1. The zero-order valence-corrected chi connectivity index (χ0v) is 13.4.